The first-order chi connectivity index (χ1) is 6.52. The zero-order valence-electron chi connectivity index (χ0n) is 7.79. The van der Waals surface area contributed by atoms with Crippen molar-refractivity contribution in [2.24, 2.45) is 0 Å². The van der Waals surface area contributed by atoms with Crippen LogP contribution in [0.15, 0.2) is 0 Å². The Labute approximate surface area is 87.1 Å². The monoisotopic (exact) mass is 219 g/mol. The van der Waals surface area contributed by atoms with Gasteiger partial charge in [-0.25, -0.2) is 0 Å². The topological polar surface area (TPSA) is 90.5 Å². The number of hydrogen-bond acceptors (Lipinski definition) is 3. The lowest BCUT2D eigenvalue weighted by molar-refractivity contribution is -0.135. The molecule has 0 saturated heterocycles. The molecular weight excluding hydrogens is 206 g/mol. The third-order valence-electron chi connectivity index (χ3n) is 1.18. The minimum Gasteiger partial charge on any atom is -0.480 e. The summed E-state index contributed by atoms with van der Waals surface area (Å²) < 4.78 is 0. The summed E-state index contributed by atoms with van der Waals surface area (Å²) in [4.78, 5) is 20.6. The molecule has 0 aromatic heterocycles. The number of nitrogens with one attached hydrogen (secondary N) is 3. The van der Waals surface area contributed by atoms with E-state index in [1.165, 1.54) is 6.92 Å². The molecule has 0 fully saturated rings. The van der Waals surface area contributed by atoms with Crippen LogP contribution >= 0.6 is 12.2 Å². The minimum absolute atomic E-state index is 0.115. The first-order valence-corrected chi connectivity index (χ1v) is 4.41. The van der Waals surface area contributed by atoms with Gasteiger partial charge in [-0.2, -0.15) is 0 Å². The molecule has 0 rings (SSSR count). The highest BCUT2D eigenvalue weighted by Gasteiger charge is 1.98. The third kappa shape index (κ3) is 8.72. The van der Waals surface area contributed by atoms with Gasteiger partial charge in [-0.1, -0.05) is 0 Å². The summed E-state index contributed by atoms with van der Waals surface area (Å²) >= 11 is 4.75. The largest absolute Gasteiger partial charge is 0.480 e. The van der Waals surface area contributed by atoms with Crippen LogP contribution in [0.25, 0.3) is 0 Å². The van der Waals surface area contributed by atoms with Gasteiger partial charge in [0.25, 0.3) is 0 Å². The van der Waals surface area contributed by atoms with Crippen LogP contribution in [0.2, 0.25) is 0 Å². The molecule has 0 aliphatic rings. The summed E-state index contributed by atoms with van der Waals surface area (Å²) in [7, 11) is 0. The molecule has 0 saturated carbocycles. The van der Waals surface area contributed by atoms with Gasteiger partial charge >= 0.3 is 5.97 Å². The molecule has 0 radical (unpaired) electrons. The number of carboxylic acid groups (broad SMARTS) is 1. The van der Waals surface area contributed by atoms with E-state index in [2.05, 4.69) is 16.0 Å². The second kappa shape index (κ2) is 7.07. The number of aliphatic carboxylic acids is 1. The van der Waals surface area contributed by atoms with Gasteiger partial charge < -0.3 is 21.1 Å². The number of carboxylic acids is 1. The van der Waals surface area contributed by atoms with Crippen LogP contribution in [0.1, 0.15) is 6.92 Å². The molecule has 0 aliphatic heterocycles. The summed E-state index contributed by atoms with van der Waals surface area (Å²) in [5.41, 5.74) is 0. The molecule has 0 aromatic rings. The van der Waals surface area contributed by atoms with Crippen LogP contribution in [0, 0.1) is 0 Å². The molecule has 0 unspecified atom stereocenters. The van der Waals surface area contributed by atoms with E-state index in [9.17, 15) is 9.59 Å². The Kier molecular flexibility index (Phi) is 6.38. The zero-order valence-corrected chi connectivity index (χ0v) is 8.61. The smallest absolute Gasteiger partial charge is 0.322 e. The van der Waals surface area contributed by atoms with Crippen molar-refractivity contribution in [2.75, 3.05) is 19.6 Å². The molecule has 0 atom stereocenters. The van der Waals surface area contributed by atoms with Crippen LogP contribution in [0.4, 0.5) is 0 Å². The number of thiocarbonyl (C=S) groups is 1. The van der Waals surface area contributed by atoms with Crippen molar-refractivity contribution in [3.8, 4) is 0 Å². The van der Waals surface area contributed by atoms with Gasteiger partial charge in [-0.05, 0) is 12.2 Å². The lowest BCUT2D eigenvalue weighted by atomic mass is 10.5. The number of amides is 1. The van der Waals surface area contributed by atoms with E-state index in [4.69, 9.17) is 17.3 Å². The molecule has 80 valence electrons. The van der Waals surface area contributed by atoms with Gasteiger partial charge in [0, 0.05) is 20.0 Å². The van der Waals surface area contributed by atoms with E-state index in [0.29, 0.717) is 13.1 Å². The molecule has 7 heteroatoms. The summed E-state index contributed by atoms with van der Waals surface area (Å²) in [6.45, 7) is 2.11. The number of carbonyl (C=O) groups is 2. The predicted octanol–water partition coefficient (Wildman–Crippen LogP) is -1.33. The third-order valence-corrected chi connectivity index (χ3v) is 1.47. The van der Waals surface area contributed by atoms with Gasteiger partial charge in [-0.3, -0.25) is 9.59 Å². The molecule has 14 heavy (non-hydrogen) atoms. The second-order valence-electron chi connectivity index (χ2n) is 2.49. The molecule has 0 heterocycles. The van der Waals surface area contributed by atoms with Crippen LogP contribution in [-0.2, 0) is 9.59 Å². The highest BCUT2D eigenvalue weighted by atomic mass is 32.1. The molecule has 0 bridgehead atoms. The molecule has 0 aromatic carbocycles. The van der Waals surface area contributed by atoms with Crippen LogP contribution < -0.4 is 16.0 Å². The Morgan fingerprint density at radius 3 is 2.29 bits per heavy atom. The standard InChI is InChI=1S/C7H13N3O3S/c1-5(11)8-2-3-9-7(14)10-4-6(12)13/h2-4H2,1H3,(H,8,11)(H,12,13)(H2,9,10,14). The van der Waals surface area contributed by atoms with Gasteiger partial charge in [0.2, 0.25) is 5.91 Å². The Morgan fingerprint density at radius 2 is 1.79 bits per heavy atom. The molecule has 1 amide bonds. The normalized spacial score (nSPS) is 8.93. The lowest BCUT2D eigenvalue weighted by Crippen LogP contribution is -2.41. The van der Waals surface area contributed by atoms with E-state index in [1.807, 2.05) is 0 Å². The Morgan fingerprint density at radius 1 is 1.21 bits per heavy atom. The fourth-order valence-electron chi connectivity index (χ4n) is 0.633. The minimum atomic E-state index is -0.976. The van der Waals surface area contributed by atoms with E-state index >= 15 is 0 Å². The second-order valence-corrected chi connectivity index (χ2v) is 2.89. The van der Waals surface area contributed by atoms with Crippen molar-refractivity contribution in [3.05, 3.63) is 0 Å². The van der Waals surface area contributed by atoms with Crippen molar-refractivity contribution in [2.45, 2.75) is 6.92 Å². The van der Waals surface area contributed by atoms with Crippen molar-refractivity contribution in [1.82, 2.24) is 16.0 Å². The maximum Gasteiger partial charge on any atom is 0.322 e. The quantitative estimate of drug-likeness (QED) is 0.338. The molecule has 4 N–H and O–H groups in total. The maximum absolute atomic E-state index is 10.4. The summed E-state index contributed by atoms with van der Waals surface area (Å²) in [6.07, 6.45) is 0. The van der Waals surface area contributed by atoms with Gasteiger partial charge in [0.1, 0.15) is 6.54 Å². The van der Waals surface area contributed by atoms with Gasteiger partial charge in [0.05, 0.1) is 0 Å². The van der Waals surface area contributed by atoms with E-state index in [1.54, 1.807) is 0 Å². The maximum atomic E-state index is 10.4. The first-order valence-electron chi connectivity index (χ1n) is 4.00. The predicted molar refractivity (Wildman–Crippen MR) is 54.9 cm³/mol. The molecule has 0 spiro atoms. The van der Waals surface area contributed by atoms with Crippen LogP contribution in [0.3, 0.4) is 0 Å². The Bertz CT molecular complexity index is 232. The highest BCUT2D eigenvalue weighted by molar-refractivity contribution is 7.80. The van der Waals surface area contributed by atoms with E-state index in [-0.39, 0.29) is 17.6 Å². The lowest BCUT2D eigenvalue weighted by Gasteiger charge is -2.08. The van der Waals surface area contributed by atoms with Gasteiger partial charge in [-0.15, -0.1) is 0 Å². The molecule has 0 aliphatic carbocycles. The van der Waals surface area contributed by atoms with Crippen molar-refractivity contribution < 1.29 is 14.7 Å². The highest BCUT2D eigenvalue weighted by Crippen LogP contribution is 1.67. The summed E-state index contributed by atoms with van der Waals surface area (Å²) in [5.74, 6) is -1.09. The fraction of sp³-hybridized carbons (Fsp3) is 0.571. The van der Waals surface area contributed by atoms with Crippen LogP contribution in [0.5, 0.6) is 0 Å². The van der Waals surface area contributed by atoms with E-state index < -0.39 is 5.97 Å². The van der Waals surface area contributed by atoms with Crippen molar-refractivity contribution >= 4 is 29.2 Å². The summed E-state index contributed by atoms with van der Waals surface area (Å²) in [5, 5.41) is 16.3. The number of hydrogen-bond donors (Lipinski definition) is 4. The average molecular weight is 219 g/mol. The molecule has 6 nitrogen and oxygen atoms in total. The Balaban J connectivity index is 3.36. The van der Waals surface area contributed by atoms with E-state index in [0.717, 1.165) is 0 Å². The number of rotatable bonds is 5. The van der Waals surface area contributed by atoms with Crippen LogP contribution in [-0.4, -0.2) is 41.7 Å². The fourth-order valence-corrected chi connectivity index (χ4v) is 0.807. The van der Waals surface area contributed by atoms with Crippen molar-refractivity contribution in [1.29, 1.82) is 0 Å². The molecular formula is C7H13N3O3S. The first kappa shape index (κ1) is 12.6. The summed E-state index contributed by atoms with van der Waals surface area (Å²) in [6, 6.07) is 0. The SMILES string of the molecule is CC(=O)NCCNC(=S)NCC(=O)O. The van der Waals surface area contributed by atoms with Crippen molar-refractivity contribution in [3.63, 3.8) is 0 Å². The average Bonchev–Trinajstić information content (AvgIpc) is 2.08. The van der Waals surface area contributed by atoms with Gasteiger partial charge in [0.15, 0.2) is 5.11 Å². The number of carbonyl (C=O) groups excluding carboxylic acids is 1. The Hall–Kier alpha value is -1.37. The zero-order chi connectivity index (χ0) is 11.0.